The number of nitrogens with two attached hydrogens (primary N) is 1. The molecule has 380 valence electrons. The van der Waals surface area contributed by atoms with Gasteiger partial charge < -0.3 is 54.5 Å². The minimum absolute atomic E-state index is 0.0139. The molecule has 4 aromatic carbocycles. The Bertz CT molecular complexity index is 3230. The number of nitrogens with one attached hydrogen (secondary N) is 3. The quantitative estimate of drug-likeness (QED) is 0.0272. The first-order valence-corrected chi connectivity index (χ1v) is 24.8. The highest BCUT2D eigenvalue weighted by Crippen LogP contribution is 2.35. The van der Waals surface area contributed by atoms with Gasteiger partial charge in [-0.1, -0.05) is 29.3 Å². The summed E-state index contributed by atoms with van der Waals surface area (Å²) in [7, 11) is -0.604. The number of amides is 1. The molecule has 5 N–H and O–H groups in total. The van der Waals surface area contributed by atoms with E-state index in [9.17, 15) is 30.8 Å². The first kappa shape index (κ1) is 51.1. The SMILES string of the molecule is COc1cc(S(=O)(=O)CCOCCNC(=O)COc2cccc(Cn3cnc4c(N)cc(-c5c(C)noc5C)cc43)c2)ccc1NCC#Cc1cc2c(N[C@@H]3CCN(C)C[C@@H]3F)cccc2n1CC(F)(F)F. The van der Waals surface area contributed by atoms with E-state index in [0.717, 1.165) is 32.5 Å². The van der Waals surface area contributed by atoms with Crippen LogP contribution in [0.5, 0.6) is 11.5 Å². The van der Waals surface area contributed by atoms with Gasteiger partial charge in [-0.15, -0.1) is 0 Å². The van der Waals surface area contributed by atoms with Crippen molar-refractivity contribution in [2.24, 2.45) is 0 Å². The molecule has 1 aliphatic rings. The number of aryl methyl sites for hydroxylation is 2. The normalized spacial score (nSPS) is 15.3. The van der Waals surface area contributed by atoms with Gasteiger partial charge in [0.05, 0.1) is 83.7 Å². The smallest absolute Gasteiger partial charge is 0.406 e. The highest BCUT2D eigenvalue weighted by molar-refractivity contribution is 7.91. The number of nitrogens with zero attached hydrogens (tertiary/aromatic N) is 5. The molecular formula is C51H55F4N9O7S. The summed E-state index contributed by atoms with van der Waals surface area (Å²) in [5.74, 6) is 6.37. The van der Waals surface area contributed by atoms with Crippen molar-refractivity contribution >= 4 is 54.7 Å². The summed E-state index contributed by atoms with van der Waals surface area (Å²) in [5.41, 5.74) is 13.2. The van der Waals surface area contributed by atoms with Crippen molar-refractivity contribution in [3.63, 3.8) is 0 Å². The summed E-state index contributed by atoms with van der Waals surface area (Å²) in [6.45, 7) is 3.63. The summed E-state index contributed by atoms with van der Waals surface area (Å²) < 4.78 is 108. The number of hydrogen-bond donors (Lipinski definition) is 4. The number of anilines is 3. The Morgan fingerprint density at radius 3 is 2.60 bits per heavy atom. The number of benzene rings is 4. The van der Waals surface area contributed by atoms with Crippen molar-refractivity contribution in [1.82, 2.24) is 29.5 Å². The second-order valence-electron chi connectivity index (χ2n) is 17.5. The molecule has 7 aromatic rings. The molecule has 1 fully saturated rings. The third kappa shape index (κ3) is 12.2. The van der Waals surface area contributed by atoms with E-state index in [1.165, 1.54) is 25.3 Å². The summed E-state index contributed by atoms with van der Waals surface area (Å²) in [4.78, 5) is 19.0. The fourth-order valence-corrected chi connectivity index (χ4v) is 9.84. The van der Waals surface area contributed by atoms with Crippen LogP contribution in [0.3, 0.4) is 0 Å². The summed E-state index contributed by atoms with van der Waals surface area (Å²) in [6.07, 6.45) is -3.41. The van der Waals surface area contributed by atoms with Crippen LogP contribution in [0.4, 0.5) is 34.6 Å². The Morgan fingerprint density at radius 2 is 1.83 bits per heavy atom. The number of likely N-dealkylation sites (tertiary alicyclic amines) is 1. The number of aromatic nitrogens is 4. The van der Waals surface area contributed by atoms with E-state index in [1.807, 2.05) is 60.7 Å². The standard InChI is InChI=1S/C51H55F4N9O7S/c1-32-49(33(2)71-61-32)35-23-41(56)50-46(24-35)63(31-59-50)27-34-8-5-10-37(22-34)70-29-48(65)58-17-19-69-20-21-72(66,67)38-13-14-44(47(26-38)68-4)57-16-7-9-36-25-39-42(60-43-15-18-62(3)28-40(43)52)11-6-12-45(39)64(36)30-51(53,54)55/h5-6,8,10-14,22-26,31,40,43,57,60H,15-21,27-30,56H2,1-4H3,(H,58,65)/t40-,43+/m0/s1. The predicted octanol–water partition coefficient (Wildman–Crippen LogP) is 7.37. The zero-order chi connectivity index (χ0) is 51.2. The van der Waals surface area contributed by atoms with Gasteiger partial charge in [-0.3, -0.25) is 4.79 Å². The van der Waals surface area contributed by atoms with E-state index in [1.54, 1.807) is 36.7 Å². The molecule has 4 heterocycles. The second-order valence-corrected chi connectivity index (χ2v) is 19.6. The van der Waals surface area contributed by atoms with E-state index >= 15 is 0 Å². The van der Waals surface area contributed by atoms with Gasteiger partial charge in [0.15, 0.2) is 16.4 Å². The maximum absolute atomic E-state index is 14.9. The molecule has 16 nitrogen and oxygen atoms in total. The molecule has 1 aliphatic heterocycles. The first-order chi connectivity index (χ1) is 34.5. The molecule has 1 amide bonds. The highest BCUT2D eigenvalue weighted by atomic mass is 32.2. The minimum Gasteiger partial charge on any atom is -0.495 e. The number of piperidine rings is 1. The molecule has 2 atom stereocenters. The average molecular weight is 1010 g/mol. The summed E-state index contributed by atoms with van der Waals surface area (Å²) in [6, 6.07) is 21.5. The lowest BCUT2D eigenvalue weighted by atomic mass is 10.0. The van der Waals surface area contributed by atoms with Gasteiger partial charge in [0.1, 0.15) is 35.5 Å². The van der Waals surface area contributed by atoms with Crippen LogP contribution >= 0.6 is 0 Å². The molecule has 0 bridgehead atoms. The van der Waals surface area contributed by atoms with Crippen molar-refractivity contribution in [3.8, 4) is 34.5 Å². The molecule has 0 saturated carbocycles. The Morgan fingerprint density at radius 1 is 1.01 bits per heavy atom. The molecule has 0 radical (unpaired) electrons. The molecule has 0 aliphatic carbocycles. The third-order valence-corrected chi connectivity index (χ3v) is 13.9. The van der Waals surface area contributed by atoms with Crippen LogP contribution in [0.25, 0.3) is 33.1 Å². The fourth-order valence-electron chi connectivity index (χ4n) is 8.70. The van der Waals surface area contributed by atoms with Gasteiger partial charge in [-0.05, 0) is 99.0 Å². The largest absolute Gasteiger partial charge is 0.495 e. The number of sulfone groups is 1. The van der Waals surface area contributed by atoms with Crippen molar-refractivity contribution < 1.29 is 49.5 Å². The molecule has 72 heavy (non-hydrogen) atoms. The van der Waals surface area contributed by atoms with Crippen molar-refractivity contribution in [3.05, 3.63) is 108 Å². The Hall–Kier alpha value is -7.28. The molecular weight excluding hydrogens is 959 g/mol. The number of imidazole rings is 1. The number of nitrogen functional groups attached to an aromatic ring is 1. The molecule has 3 aromatic heterocycles. The van der Waals surface area contributed by atoms with Crippen LogP contribution in [0.1, 0.15) is 29.1 Å². The van der Waals surface area contributed by atoms with Crippen LogP contribution in [-0.2, 0) is 32.5 Å². The van der Waals surface area contributed by atoms with E-state index in [-0.39, 0.29) is 67.5 Å². The van der Waals surface area contributed by atoms with Crippen molar-refractivity contribution in [1.29, 1.82) is 0 Å². The lowest BCUT2D eigenvalue weighted by molar-refractivity contribution is -0.140. The van der Waals surface area contributed by atoms with Crippen LogP contribution in [0, 0.1) is 25.7 Å². The highest BCUT2D eigenvalue weighted by Gasteiger charge is 2.31. The van der Waals surface area contributed by atoms with E-state index in [0.29, 0.717) is 64.5 Å². The topological polar surface area (TPSA) is 193 Å². The number of hydrogen-bond acceptors (Lipinski definition) is 13. The number of carbonyl (C=O) groups is 1. The minimum atomic E-state index is -4.53. The molecule has 1 saturated heterocycles. The summed E-state index contributed by atoms with van der Waals surface area (Å²) >= 11 is 0. The zero-order valence-corrected chi connectivity index (χ0v) is 40.9. The van der Waals surface area contributed by atoms with E-state index in [4.69, 9.17) is 24.5 Å². The van der Waals surface area contributed by atoms with Gasteiger partial charge in [-0.25, -0.2) is 17.8 Å². The average Bonchev–Trinajstić information content (AvgIpc) is 4.02. The van der Waals surface area contributed by atoms with Gasteiger partial charge in [0, 0.05) is 48.9 Å². The van der Waals surface area contributed by atoms with Crippen LogP contribution in [0.2, 0.25) is 0 Å². The lowest BCUT2D eigenvalue weighted by Gasteiger charge is -2.33. The Kier molecular flexibility index (Phi) is 15.6. The number of methoxy groups -OCH3 is 1. The molecule has 21 heteroatoms. The maximum Gasteiger partial charge on any atom is 0.406 e. The molecule has 8 rings (SSSR count). The fraction of sp³-hybridized carbons (Fsp3) is 0.353. The maximum atomic E-state index is 14.9. The number of alkyl halides is 4. The van der Waals surface area contributed by atoms with E-state index in [2.05, 4.69) is 37.9 Å². The van der Waals surface area contributed by atoms with Crippen molar-refractivity contribution in [2.45, 2.75) is 56.6 Å². The van der Waals surface area contributed by atoms with Gasteiger partial charge in [0.25, 0.3) is 5.91 Å². The number of halogens is 4. The van der Waals surface area contributed by atoms with Crippen LogP contribution < -0.4 is 31.2 Å². The Labute approximate surface area is 413 Å². The molecule has 0 spiro atoms. The van der Waals surface area contributed by atoms with Crippen LogP contribution in [-0.4, -0.2) is 123 Å². The van der Waals surface area contributed by atoms with Gasteiger partial charge in [-0.2, -0.15) is 13.2 Å². The third-order valence-electron chi connectivity index (χ3n) is 12.2. The number of ether oxygens (including phenoxy) is 3. The number of rotatable bonds is 19. The monoisotopic (exact) mass is 1010 g/mol. The van der Waals surface area contributed by atoms with Gasteiger partial charge in [0.2, 0.25) is 0 Å². The first-order valence-electron chi connectivity index (χ1n) is 23.1. The van der Waals surface area contributed by atoms with Crippen molar-refractivity contribution in [2.75, 3.05) is 82.3 Å². The number of carbonyl (C=O) groups excluding carboxylic acids is 1. The Balaban J connectivity index is 0.790. The number of fused-ring (bicyclic) bond motifs is 2. The predicted molar refractivity (Wildman–Crippen MR) is 267 cm³/mol. The molecule has 0 unspecified atom stereocenters. The van der Waals surface area contributed by atoms with E-state index < -0.39 is 34.8 Å². The van der Waals surface area contributed by atoms with Crippen LogP contribution in [0.15, 0.2) is 94.6 Å². The zero-order valence-electron chi connectivity index (χ0n) is 40.1. The lowest BCUT2D eigenvalue weighted by Crippen LogP contribution is -2.46. The second kappa shape index (κ2) is 22.0. The summed E-state index contributed by atoms with van der Waals surface area (Å²) in [5, 5.41) is 13.5. The van der Waals surface area contributed by atoms with Gasteiger partial charge >= 0.3 is 6.18 Å².